The van der Waals surface area contributed by atoms with Crippen LogP contribution in [-0.2, 0) is 9.59 Å². The van der Waals surface area contributed by atoms with Crippen LogP contribution in [0.3, 0.4) is 0 Å². The Kier molecular flexibility index (Phi) is 7.00. The molecule has 2 aromatic rings. The Hall–Kier alpha value is -2.57. The van der Waals surface area contributed by atoms with Crippen LogP contribution in [0.15, 0.2) is 48.5 Å². The summed E-state index contributed by atoms with van der Waals surface area (Å²) < 4.78 is 5.68. The van der Waals surface area contributed by atoms with Crippen LogP contribution in [0.1, 0.15) is 20.3 Å². The fourth-order valence-electron chi connectivity index (χ4n) is 2.36. The Balaban J connectivity index is 2.01. The maximum Gasteiger partial charge on any atom is 0.255 e. The molecule has 3 N–H and O–H groups in total. The zero-order valence-corrected chi connectivity index (χ0v) is 15.3. The van der Waals surface area contributed by atoms with Crippen molar-refractivity contribution < 1.29 is 19.5 Å². The standard InChI is InChI=1S/C19H21ClN2O4/c1-12(2)11-17(19(24)22-25)18(23)21-14-5-9-16(10-6-14)26-15-7-3-13(20)4-8-15/h3-10,12,17,25H,11H2,1-2H3,(H,21,23)(H,22,24). The number of nitrogens with one attached hydrogen (secondary N) is 2. The summed E-state index contributed by atoms with van der Waals surface area (Å²) in [5.41, 5.74) is 2.07. The lowest BCUT2D eigenvalue weighted by atomic mass is 9.95. The molecular formula is C19H21ClN2O4. The van der Waals surface area contributed by atoms with Gasteiger partial charge in [-0.3, -0.25) is 14.8 Å². The third kappa shape index (κ3) is 5.75. The maximum atomic E-state index is 12.3. The molecule has 0 aromatic heterocycles. The normalized spacial score (nSPS) is 11.7. The molecule has 0 saturated heterocycles. The monoisotopic (exact) mass is 376 g/mol. The first-order valence-electron chi connectivity index (χ1n) is 8.17. The number of hydroxylamine groups is 1. The van der Waals surface area contributed by atoms with E-state index >= 15 is 0 Å². The molecule has 0 saturated carbocycles. The van der Waals surface area contributed by atoms with Gasteiger partial charge in [0.1, 0.15) is 17.4 Å². The molecule has 0 fully saturated rings. The molecule has 0 aliphatic heterocycles. The summed E-state index contributed by atoms with van der Waals surface area (Å²) in [6.45, 7) is 3.79. The van der Waals surface area contributed by atoms with Crippen LogP contribution in [0.2, 0.25) is 5.02 Å². The maximum absolute atomic E-state index is 12.3. The van der Waals surface area contributed by atoms with Gasteiger partial charge in [-0.2, -0.15) is 0 Å². The summed E-state index contributed by atoms with van der Waals surface area (Å²) in [4.78, 5) is 24.0. The number of hydrogen-bond acceptors (Lipinski definition) is 4. The second-order valence-corrected chi connectivity index (χ2v) is 6.66. The summed E-state index contributed by atoms with van der Waals surface area (Å²) in [5.74, 6) is -0.807. The van der Waals surface area contributed by atoms with Gasteiger partial charge in [0.15, 0.2) is 0 Å². The van der Waals surface area contributed by atoms with Crippen molar-refractivity contribution in [1.82, 2.24) is 5.48 Å². The van der Waals surface area contributed by atoms with Crippen molar-refractivity contribution in [1.29, 1.82) is 0 Å². The van der Waals surface area contributed by atoms with Crippen LogP contribution in [-0.4, -0.2) is 17.0 Å². The number of ether oxygens (including phenoxy) is 1. The van der Waals surface area contributed by atoms with Gasteiger partial charge in [0, 0.05) is 10.7 Å². The summed E-state index contributed by atoms with van der Waals surface area (Å²) in [7, 11) is 0. The third-order valence-electron chi connectivity index (χ3n) is 3.62. The van der Waals surface area contributed by atoms with Gasteiger partial charge in [0.2, 0.25) is 5.91 Å². The molecule has 26 heavy (non-hydrogen) atoms. The number of halogens is 1. The quantitative estimate of drug-likeness (QED) is 0.383. The summed E-state index contributed by atoms with van der Waals surface area (Å²) >= 11 is 5.83. The molecule has 0 heterocycles. The van der Waals surface area contributed by atoms with Crippen LogP contribution in [0.25, 0.3) is 0 Å². The zero-order valence-electron chi connectivity index (χ0n) is 14.5. The predicted molar refractivity (Wildman–Crippen MR) is 99.5 cm³/mol. The second-order valence-electron chi connectivity index (χ2n) is 6.23. The smallest absolute Gasteiger partial charge is 0.255 e. The summed E-state index contributed by atoms with van der Waals surface area (Å²) in [5, 5.41) is 12.1. The molecular weight excluding hydrogens is 356 g/mol. The molecule has 0 aliphatic carbocycles. The van der Waals surface area contributed by atoms with Crippen molar-refractivity contribution in [2.75, 3.05) is 5.32 Å². The van der Waals surface area contributed by atoms with E-state index in [0.717, 1.165) is 0 Å². The fourth-order valence-corrected chi connectivity index (χ4v) is 2.48. The van der Waals surface area contributed by atoms with Crippen LogP contribution in [0, 0.1) is 11.8 Å². The van der Waals surface area contributed by atoms with Crippen LogP contribution >= 0.6 is 11.6 Å². The molecule has 2 rings (SSSR count). The lowest BCUT2D eigenvalue weighted by Gasteiger charge is -2.17. The Labute approximate surface area is 157 Å². The molecule has 138 valence electrons. The van der Waals surface area contributed by atoms with E-state index in [1.54, 1.807) is 54.0 Å². The minimum Gasteiger partial charge on any atom is -0.457 e. The van der Waals surface area contributed by atoms with Gasteiger partial charge in [-0.25, -0.2) is 5.48 Å². The van der Waals surface area contributed by atoms with E-state index in [2.05, 4.69) is 5.32 Å². The molecule has 0 radical (unpaired) electrons. The minimum absolute atomic E-state index is 0.123. The SMILES string of the molecule is CC(C)CC(C(=O)NO)C(=O)Nc1ccc(Oc2ccc(Cl)cc2)cc1. The number of hydrogen-bond donors (Lipinski definition) is 3. The zero-order chi connectivity index (χ0) is 19.1. The van der Waals surface area contributed by atoms with Gasteiger partial charge in [-0.15, -0.1) is 0 Å². The van der Waals surface area contributed by atoms with Gasteiger partial charge in [-0.1, -0.05) is 25.4 Å². The first-order valence-corrected chi connectivity index (χ1v) is 8.55. The molecule has 2 amide bonds. The highest BCUT2D eigenvalue weighted by Gasteiger charge is 2.27. The van der Waals surface area contributed by atoms with Gasteiger partial charge in [-0.05, 0) is 60.9 Å². The highest BCUT2D eigenvalue weighted by atomic mass is 35.5. The van der Waals surface area contributed by atoms with E-state index in [9.17, 15) is 9.59 Å². The van der Waals surface area contributed by atoms with Crippen molar-refractivity contribution in [3.63, 3.8) is 0 Å². The van der Waals surface area contributed by atoms with E-state index in [0.29, 0.717) is 28.6 Å². The van der Waals surface area contributed by atoms with Gasteiger partial charge in [0.05, 0.1) is 0 Å². The Bertz CT molecular complexity index is 745. The Morgan fingerprint density at radius 3 is 2.04 bits per heavy atom. The van der Waals surface area contributed by atoms with Crippen molar-refractivity contribution in [3.05, 3.63) is 53.6 Å². The van der Waals surface area contributed by atoms with Crippen molar-refractivity contribution in [3.8, 4) is 11.5 Å². The first-order chi connectivity index (χ1) is 12.4. The number of benzene rings is 2. The molecule has 2 aromatic carbocycles. The third-order valence-corrected chi connectivity index (χ3v) is 3.87. The summed E-state index contributed by atoms with van der Waals surface area (Å²) in [6, 6.07) is 13.7. The highest BCUT2D eigenvalue weighted by molar-refractivity contribution is 6.30. The van der Waals surface area contributed by atoms with E-state index < -0.39 is 17.7 Å². The van der Waals surface area contributed by atoms with Crippen molar-refractivity contribution in [2.45, 2.75) is 20.3 Å². The average Bonchev–Trinajstić information content (AvgIpc) is 2.62. The lowest BCUT2D eigenvalue weighted by Crippen LogP contribution is -2.37. The number of rotatable bonds is 7. The first kappa shape index (κ1) is 19.8. The number of amides is 2. The van der Waals surface area contributed by atoms with Gasteiger partial charge < -0.3 is 10.1 Å². The molecule has 0 aliphatic rings. The van der Waals surface area contributed by atoms with Crippen LogP contribution < -0.4 is 15.5 Å². The molecule has 7 heteroatoms. The van der Waals surface area contributed by atoms with Crippen molar-refractivity contribution in [2.24, 2.45) is 11.8 Å². The minimum atomic E-state index is -0.968. The Morgan fingerprint density at radius 1 is 1.00 bits per heavy atom. The predicted octanol–water partition coefficient (Wildman–Crippen LogP) is 4.24. The summed E-state index contributed by atoms with van der Waals surface area (Å²) in [6.07, 6.45) is 0.329. The number of carbonyl (C=O) groups excluding carboxylic acids is 2. The molecule has 1 atom stereocenters. The van der Waals surface area contributed by atoms with Crippen molar-refractivity contribution >= 4 is 29.1 Å². The molecule has 6 nitrogen and oxygen atoms in total. The van der Waals surface area contributed by atoms with E-state index in [4.69, 9.17) is 21.5 Å². The molecule has 0 bridgehead atoms. The molecule has 1 unspecified atom stereocenters. The lowest BCUT2D eigenvalue weighted by molar-refractivity contribution is -0.139. The number of anilines is 1. The highest BCUT2D eigenvalue weighted by Crippen LogP contribution is 2.25. The van der Waals surface area contributed by atoms with Gasteiger partial charge in [0.25, 0.3) is 5.91 Å². The van der Waals surface area contributed by atoms with Crippen LogP contribution in [0.5, 0.6) is 11.5 Å². The van der Waals surface area contributed by atoms with Gasteiger partial charge >= 0.3 is 0 Å². The Morgan fingerprint density at radius 2 is 1.54 bits per heavy atom. The number of carbonyl (C=O) groups is 2. The topological polar surface area (TPSA) is 87.7 Å². The second kappa shape index (κ2) is 9.22. The van der Waals surface area contributed by atoms with E-state index in [1.165, 1.54) is 0 Å². The average molecular weight is 377 g/mol. The van der Waals surface area contributed by atoms with E-state index in [1.807, 2.05) is 13.8 Å². The van der Waals surface area contributed by atoms with E-state index in [-0.39, 0.29) is 5.92 Å². The fraction of sp³-hybridized carbons (Fsp3) is 0.263. The van der Waals surface area contributed by atoms with Crippen LogP contribution in [0.4, 0.5) is 5.69 Å². The molecule has 0 spiro atoms. The largest absolute Gasteiger partial charge is 0.457 e.